The number of hydrogen-bond donors (Lipinski definition) is 2. The first-order valence-electron chi connectivity index (χ1n) is 8.41. The number of rotatable bonds is 7. The average Bonchev–Trinajstić information content (AvgIpc) is 2.63. The smallest absolute Gasteiger partial charge is 0.306 e. The van der Waals surface area contributed by atoms with Crippen molar-refractivity contribution >= 4 is 29.2 Å². The maximum atomic E-state index is 12.8. The summed E-state index contributed by atoms with van der Waals surface area (Å²) in [5.41, 5.74) is 3.20. The second-order valence-electron chi connectivity index (χ2n) is 6.06. The number of carbonyl (C=O) groups is 3. The second-order valence-corrected chi connectivity index (χ2v) is 6.06. The molecule has 0 spiro atoms. The van der Waals surface area contributed by atoms with Crippen molar-refractivity contribution in [3.63, 3.8) is 0 Å². The lowest BCUT2D eigenvalue weighted by Gasteiger charge is -2.08. The molecule has 0 aromatic heterocycles. The minimum atomic E-state index is -0.653. The Bertz CT molecular complexity index is 834. The van der Waals surface area contributed by atoms with Gasteiger partial charge in [0.2, 0.25) is 5.91 Å². The quantitative estimate of drug-likeness (QED) is 0.730. The monoisotopic (exact) mass is 372 g/mol. The number of ether oxygens (including phenoxy) is 1. The standard InChI is InChI=1S/C20H21FN2O4/c1-13-3-6-17(11-14(13)2)23-19(25)12-27-20(26)10-9-18(24)22-16-7-4-15(21)5-8-16/h3-8,11H,9-10,12H2,1-2H3,(H,22,24)(H,23,25). The molecular weight excluding hydrogens is 351 g/mol. The Morgan fingerprint density at radius 1 is 0.852 bits per heavy atom. The highest BCUT2D eigenvalue weighted by Crippen LogP contribution is 2.14. The average molecular weight is 372 g/mol. The van der Waals surface area contributed by atoms with Crippen LogP contribution in [0.3, 0.4) is 0 Å². The van der Waals surface area contributed by atoms with E-state index in [2.05, 4.69) is 10.6 Å². The first-order chi connectivity index (χ1) is 12.8. The fraction of sp³-hybridized carbons (Fsp3) is 0.250. The van der Waals surface area contributed by atoms with Crippen molar-refractivity contribution in [3.8, 4) is 0 Å². The molecule has 0 aliphatic rings. The molecule has 7 heteroatoms. The molecule has 0 fully saturated rings. The van der Waals surface area contributed by atoms with Gasteiger partial charge < -0.3 is 15.4 Å². The van der Waals surface area contributed by atoms with Crippen LogP contribution in [0.15, 0.2) is 42.5 Å². The molecule has 0 bridgehead atoms. The molecule has 2 rings (SSSR count). The van der Waals surface area contributed by atoms with Gasteiger partial charge in [0.25, 0.3) is 5.91 Å². The molecule has 0 atom stereocenters. The summed E-state index contributed by atoms with van der Waals surface area (Å²) >= 11 is 0. The third-order valence-electron chi connectivity index (χ3n) is 3.84. The largest absolute Gasteiger partial charge is 0.456 e. The van der Waals surface area contributed by atoms with Crippen LogP contribution in [0.2, 0.25) is 0 Å². The van der Waals surface area contributed by atoms with E-state index < -0.39 is 30.2 Å². The molecule has 0 unspecified atom stereocenters. The Hall–Kier alpha value is -3.22. The van der Waals surface area contributed by atoms with Crippen molar-refractivity contribution in [3.05, 3.63) is 59.4 Å². The van der Waals surface area contributed by atoms with Gasteiger partial charge in [0, 0.05) is 17.8 Å². The lowest BCUT2D eigenvalue weighted by atomic mass is 10.1. The highest BCUT2D eigenvalue weighted by atomic mass is 19.1. The van der Waals surface area contributed by atoms with Crippen molar-refractivity contribution in [1.29, 1.82) is 0 Å². The molecule has 0 aliphatic heterocycles. The minimum absolute atomic E-state index is 0.102. The Balaban J connectivity index is 1.69. The summed E-state index contributed by atoms with van der Waals surface area (Å²) < 4.78 is 17.7. The van der Waals surface area contributed by atoms with Gasteiger partial charge in [0.15, 0.2) is 6.61 Å². The molecule has 0 heterocycles. The van der Waals surface area contributed by atoms with Crippen LogP contribution in [0, 0.1) is 19.7 Å². The van der Waals surface area contributed by atoms with E-state index in [0.29, 0.717) is 11.4 Å². The maximum Gasteiger partial charge on any atom is 0.306 e. The van der Waals surface area contributed by atoms with Gasteiger partial charge in [0.1, 0.15) is 5.82 Å². The van der Waals surface area contributed by atoms with Crippen LogP contribution < -0.4 is 10.6 Å². The number of nitrogens with one attached hydrogen (secondary N) is 2. The zero-order valence-electron chi connectivity index (χ0n) is 15.2. The summed E-state index contributed by atoms with van der Waals surface area (Å²) in [7, 11) is 0. The number of aryl methyl sites for hydroxylation is 2. The van der Waals surface area contributed by atoms with Crippen molar-refractivity contribution in [1.82, 2.24) is 0 Å². The molecule has 2 amide bonds. The van der Waals surface area contributed by atoms with Crippen LogP contribution in [0.25, 0.3) is 0 Å². The van der Waals surface area contributed by atoms with Gasteiger partial charge >= 0.3 is 5.97 Å². The molecule has 0 saturated heterocycles. The van der Waals surface area contributed by atoms with Gasteiger partial charge in [0.05, 0.1) is 6.42 Å². The van der Waals surface area contributed by atoms with E-state index >= 15 is 0 Å². The number of carbonyl (C=O) groups excluding carboxylic acids is 3. The number of anilines is 2. The molecule has 27 heavy (non-hydrogen) atoms. The van der Waals surface area contributed by atoms with Crippen LogP contribution in [0.1, 0.15) is 24.0 Å². The summed E-state index contributed by atoms with van der Waals surface area (Å²) in [5.74, 6) is -1.92. The third-order valence-corrected chi connectivity index (χ3v) is 3.84. The van der Waals surface area contributed by atoms with E-state index in [1.54, 1.807) is 6.07 Å². The summed E-state index contributed by atoms with van der Waals surface area (Å²) in [6.07, 6.45) is -0.265. The minimum Gasteiger partial charge on any atom is -0.456 e. The van der Waals surface area contributed by atoms with Gasteiger partial charge in [-0.2, -0.15) is 0 Å². The van der Waals surface area contributed by atoms with Gasteiger partial charge in [-0.3, -0.25) is 14.4 Å². The van der Waals surface area contributed by atoms with Crippen LogP contribution in [0.5, 0.6) is 0 Å². The second kappa shape index (κ2) is 9.47. The predicted octanol–water partition coefficient (Wildman–Crippen LogP) is 3.34. The first kappa shape index (κ1) is 20.1. The van der Waals surface area contributed by atoms with Crippen molar-refractivity contribution in [2.45, 2.75) is 26.7 Å². The number of benzene rings is 2. The lowest BCUT2D eigenvalue weighted by Crippen LogP contribution is -2.21. The number of halogens is 1. The summed E-state index contributed by atoms with van der Waals surface area (Å²) in [6.45, 7) is 3.47. The first-order valence-corrected chi connectivity index (χ1v) is 8.41. The maximum absolute atomic E-state index is 12.8. The zero-order valence-corrected chi connectivity index (χ0v) is 15.2. The Morgan fingerprint density at radius 2 is 1.48 bits per heavy atom. The van der Waals surface area contributed by atoms with E-state index in [9.17, 15) is 18.8 Å². The van der Waals surface area contributed by atoms with Crippen molar-refractivity contribution in [2.75, 3.05) is 17.2 Å². The molecule has 142 valence electrons. The molecular formula is C20H21FN2O4. The van der Waals surface area contributed by atoms with Crippen molar-refractivity contribution in [2.24, 2.45) is 0 Å². The normalized spacial score (nSPS) is 10.2. The third kappa shape index (κ3) is 6.89. The molecule has 0 saturated carbocycles. The molecule has 2 N–H and O–H groups in total. The van der Waals surface area contributed by atoms with Gasteiger partial charge in [-0.1, -0.05) is 6.07 Å². The van der Waals surface area contributed by atoms with E-state index in [4.69, 9.17) is 4.74 Å². The Morgan fingerprint density at radius 3 is 2.15 bits per heavy atom. The van der Waals surface area contributed by atoms with Gasteiger partial charge in [-0.25, -0.2) is 4.39 Å². The van der Waals surface area contributed by atoms with E-state index in [-0.39, 0.29) is 12.8 Å². The number of amides is 2. The summed E-state index contributed by atoms with van der Waals surface area (Å²) in [6, 6.07) is 10.8. The summed E-state index contributed by atoms with van der Waals surface area (Å²) in [4.78, 5) is 35.2. The SMILES string of the molecule is Cc1ccc(NC(=O)COC(=O)CCC(=O)Nc2ccc(F)cc2)cc1C. The van der Waals surface area contributed by atoms with E-state index in [1.807, 2.05) is 26.0 Å². The molecule has 0 radical (unpaired) electrons. The zero-order chi connectivity index (χ0) is 19.8. The predicted molar refractivity (Wildman–Crippen MR) is 99.8 cm³/mol. The van der Waals surface area contributed by atoms with Crippen LogP contribution in [0.4, 0.5) is 15.8 Å². The topological polar surface area (TPSA) is 84.5 Å². The number of hydrogen-bond acceptors (Lipinski definition) is 4. The fourth-order valence-corrected chi connectivity index (χ4v) is 2.21. The van der Waals surface area contributed by atoms with E-state index in [1.165, 1.54) is 24.3 Å². The Labute approximate surface area is 156 Å². The van der Waals surface area contributed by atoms with Gasteiger partial charge in [-0.15, -0.1) is 0 Å². The Kier molecular flexibility index (Phi) is 7.05. The highest BCUT2D eigenvalue weighted by molar-refractivity contribution is 5.94. The highest BCUT2D eigenvalue weighted by Gasteiger charge is 2.11. The van der Waals surface area contributed by atoms with Crippen LogP contribution >= 0.6 is 0 Å². The lowest BCUT2D eigenvalue weighted by molar-refractivity contribution is -0.147. The summed E-state index contributed by atoms with van der Waals surface area (Å²) in [5, 5.41) is 5.18. The number of esters is 1. The van der Waals surface area contributed by atoms with Crippen LogP contribution in [-0.4, -0.2) is 24.4 Å². The molecule has 6 nitrogen and oxygen atoms in total. The van der Waals surface area contributed by atoms with E-state index in [0.717, 1.165) is 11.1 Å². The molecule has 2 aromatic rings. The molecule has 0 aliphatic carbocycles. The molecule has 2 aromatic carbocycles. The van der Waals surface area contributed by atoms with Gasteiger partial charge in [-0.05, 0) is 61.4 Å². The fourth-order valence-electron chi connectivity index (χ4n) is 2.21. The van der Waals surface area contributed by atoms with Crippen molar-refractivity contribution < 1.29 is 23.5 Å². The van der Waals surface area contributed by atoms with Crippen LogP contribution in [-0.2, 0) is 19.1 Å².